The first-order valence-electron chi connectivity index (χ1n) is 6.86. The van der Waals surface area contributed by atoms with Gasteiger partial charge in [0.15, 0.2) is 17.3 Å². The summed E-state index contributed by atoms with van der Waals surface area (Å²) < 4.78 is 5.47. The summed E-state index contributed by atoms with van der Waals surface area (Å²) in [7, 11) is 0. The second-order valence-electron chi connectivity index (χ2n) is 5.19. The quantitative estimate of drug-likeness (QED) is 0.860. The summed E-state index contributed by atoms with van der Waals surface area (Å²) in [6.07, 6.45) is 4.09. The smallest absolute Gasteiger partial charge is 0.192 e. The van der Waals surface area contributed by atoms with Crippen LogP contribution in [0.4, 0.5) is 0 Å². The SMILES string of the molecule is Cc1nc2ccc(C(=O)CC3CCCCN3)cc2o1. The highest BCUT2D eigenvalue weighted by Crippen LogP contribution is 2.19. The molecule has 1 aliphatic rings. The summed E-state index contributed by atoms with van der Waals surface area (Å²) in [5, 5.41) is 3.40. The molecule has 1 N–H and O–H groups in total. The predicted molar refractivity (Wildman–Crippen MR) is 73.3 cm³/mol. The lowest BCUT2D eigenvalue weighted by molar-refractivity contribution is 0.0963. The molecule has 0 aliphatic carbocycles. The van der Waals surface area contributed by atoms with E-state index in [1.165, 1.54) is 12.8 Å². The first kappa shape index (κ1) is 12.4. The Bertz CT molecular complexity index is 597. The van der Waals surface area contributed by atoms with Crippen molar-refractivity contribution < 1.29 is 9.21 Å². The second kappa shape index (κ2) is 5.13. The Kier molecular flexibility index (Phi) is 3.34. The molecule has 0 amide bonds. The van der Waals surface area contributed by atoms with Gasteiger partial charge >= 0.3 is 0 Å². The van der Waals surface area contributed by atoms with Gasteiger partial charge in [-0.2, -0.15) is 0 Å². The Morgan fingerprint density at radius 3 is 3.16 bits per heavy atom. The third-order valence-electron chi connectivity index (χ3n) is 3.66. The van der Waals surface area contributed by atoms with Crippen LogP contribution in [-0.2, 0) is 0 Å². The molecule has 1 saturated heterocycles. The summed E-state index contributed by atoms with van der Waals surface area (Å²) in [6.45, 7) is 2.84. The number of Topliss-reactive ketones (excluding diaryl/α,β-unsaturated/α-hetero) is 1. The minimum atomic E-state index is 0.176. The standard InChI is InChI=1S/C15H18N2O2/c1-10-17-13-6-5-11(8-15(13)19-10)14(18)9-12-4-2-3-7-16-12/h5-6,8,12,16H,2-4,7,9H2,1H3. The summed E-state index contributed by atoms with van der Waals surface area (Å²) in [4.78, 5) is 16.5. The number of nitrogens with one attached hydrogen (secondary N) is 1. The van der Waals surface area contributed by atoms with Crippen molar-refractivity contribution in [2.24, 2.45) is 0 Å². The van der Waals surface area contributed by atoms with Gasteiger partial charge in [0.1, 0.15) is 5.52 Å². The molecule has 2 heterocycles. The molecule has 3 rings (SSSR count). The van der Waals surface area contributed by atoms with Crippen molar-refractivity contribution >= 4 is 16.9 Å². The Balaban J connectivity index is 1.76. The maximum atomic E-state index is 12.3. The topological polar surface area (TPSA) is 55.1 Å². The lowest BCUT2D eigenvalue weighted by atomic mass is 9.97. The van der Waals surface area contributed by atoms with E-state index in [0.29, 0.717) is 23.9 Å². The van der Waals surface area contributed by atoms with Crippen molar-refractivity contribution in [1.82, 2.24) is 10.3 Å². The number of carbonyl (C=O) groups is 1. The zero-order valence-electron chi connectivity index (χ0n) is 11.1. The van der Waals surface area contributed by atoms with Crippen LogP contribution in [0.5, 0.6) is 0 Å². The monoisotopic (exact) mass is 258 g/mol. The second-order valence-corrected chi connectivity index (χ2v) is 5.19. The largest absolute Gasteiger partial charge is 0.441 e. The van der Waals surface area contributed by atoms with Gasteiger partial charge in [-0.25, -0.2) is 4.98 Å². The van der Waals surface area contributed by atoms with E-state index in [1.807, 2.05) is 19.1 Å². The lowest BCUT2D eigenvalue weighted by Crippen LogP contribution is -2.35. The van der Waals surface area contributed by atoms with E-state index in [2.05, 4.69) is 10.3 Å². The molecule has 100 valence electrons. The van der Waals surface area contributed by atoms with Crippen molar-refractivity contribution in [3.63, 3.8) is 0 Å². The van der Waals surface area contributed by atoms with Gasteiger partial charge in [0.2, 0.25) is 0 Å². The van der Waals surface area contributed by atoms with Gasteiger partial charge in [-0.1, -0.05) is 6.42 Å². The van der Waals surface area contributed by atoms with Gasteiger partial charge in [-0.05, 0) is 37.6 Å². The number of nitrogens with zero attached hydrogens (tertiary/aromatic N) is 1. The molecule has 0 spiro atoms. The minimum absolute atomic E-state index is 0.176. The zero-order valence-corrected chi connectivity index (χ0v) is 11.1. The Labute approximate surface area is 112 Å². The average molecular weight is 258 g/mol. The number of benzene rings is 1. The van der Waals surface area contributed by atoms with Crippen LogP contribution in [0.15, 0.2) is 22.6 Å². The van der Waals surface area contributed by atoms with E-state index >= 15 is 0 Å². The number of aryl methyl sites for hydroxylation is 1. The molecule has 1 aromatic carbocycles. The van der Waals surface area contributed by atoms with Crippen LogP contribution in [0.25, 0.3) is 11.1 Å². The van der Waals surface area contributed by atoms with Crippen molar-refractivity contribution in [1.29, 1.82) is 0 Å². The lowest BCUT2D eigenvalue weighted by Gasteiger charge is -2.22. The van der Waals surface area contributed by atoms with Crippen LogP contribution in [-0.4, -0.2) is 23.4 Å². The van der Waals surface area contributed by atoms with Gasteiger partial charge in [-0.3, -0.25) is 4.79 Å². The highest BCUT2D eigenvalue weighted by atomic mass is 16.3. The fraction of sp³-hybridized carbons (Fsp3) is 0.467. The number of rotatable bonds is 3. The van der Waals surface area contributed by atoms with Crippen LogP contribution in [0.2, 0.25) is 0 Å². The average Bonchev–Trinajstić information content (AvgIpc) is 2.78. The molecule has 0 bridgehead atoms. The number of ketones is 1. The first-order chi connectivity index (χ1) is 9.22. The van der Waals surface area contributed by atoms with Crippen molar-refractivity contribution in [3.05, 3.63) is 29.7 Å². The maximum absolute atomic E-state index is 12.3. The summed E-state index contributed by atoms with van der Waals surface area (Å²) in [5.41, 5.74) is 2.22. The number of fused-ring (bicyclic) bond motifs is 1. The molecule has 1 fully saturated rings. The molecule has 4 heteroatoms. The van der Waals surface area contributed by atoms with E-state index in [-0.39, 0.29) is 5.78 Å². The summed E-state index contributed by atoms with van der Waals surface area (Å²) >= 11 is 0. The van der Waals surface area contributed by atoms with Crippen LogP contribution in [0.3, 0.4) is 0 Å². The molecule has 1 unspecified atom stereocenters. The fourth-order valence-corrected chi connectivity index (χ4v) is 2.65. The Morgan fingerprint density at radius 2 is 2.37 bits per heavy atom. The Hall–Kier alpha value is -1.68. The van der Waals surface area contributed by atoms with Gasteiger partial charge in [0.05, 0.1) is 0 Å². The van der Waals surface area contributed by atoms with Gasteiger partial charge < -0.3 is 9.73 Å². The zero-order chi connectivity index (χ0) is 13.2. The minimum Gasteiger partial charge on any atom is -0.441 e. The number of carbonyl (C=O) groups excluding carboxylic acids is 1. The van der Waals surface area contributed by atoms with Crippen LogP contribution < -0.4 is 5.32 Å². The Morgan fingerprint density at radius 1 is 1.47 bits per heavy atom. The normalized spacial score (nSPS) is 19.7. The highest BCUT2D eigenvalue weighted by Gasteiger charge is 2.18. The predicted octanol–water partition coefficient (Wildman–Crippen LogP) is 2.85. The van der Waals surface area contributed by atoms with E-state index in [1.54, 1.807) is 6.07 Å². The molecule has 1 aromatic heterocycles. The molecular formula is C15H18N2O2. The third-order valence-corrected chi connectivity index (χ3v) is 3.66. The molecule has 0 radical (unpaired) electrons. The maximum Gasteiger partial charge on any atom is 0.192 e. The molecule has 1 atom stereocenters. The van der Waals surface area contributed by atoms with Crippen LogP contribution in [0, 0.1) is 6.92 Å². The summed E-state index contributed by atoms with van der Waals surface area (Å²) in [5.74, 6) is 0.809. The van der Waals surface area contributed by atoms with Gasteiger partial charge in [0, 0.05) is 24.9 Å². The van der Waals surface area contributed by atoms with E-state index in [4.69, 9.17) is 4.42 Å². The van der Waals surface area contributed by atoms with Crippen molar-refractivity contribution in [3.8, 4) is 0 Å². The van der Waals surface area contributed by atoms with Crippen molar-refractivity contribution in [2.45, 2.75) is 38.6 Å². The first-order valence-corrected chi connectivity index (χ1v) is 6.86. The molecule has 0 saturated carbocycles. The third kappa shape index (κ3) is 2.68. The van der Waals surface area contributed by atoms with E-state index in [9.17, 15) is 4.79 Å². The number of hydrogen-bond acceptors (Lipinski definition) is 4. The molecule has 4 nitrogen and oxygen atoms in total. The fourth-order valence-electron chi connectivity index (χ4n) is 2.65. The number of piperidine rings is 1. The van der Waals surface area contributed by atoms with E-state index < -0.39 is 0 Å². The molecule has 2 aromatic rings. The number of aromatic nitrogens is 1. The highest BCUT2D eigenvalue weighted by molar-refractivity contribution is 5.98. The molecular weight excluding hydrogens is 240 g/mol. The van der Waals surface area contributed by atoms with Gasteiger partial charge in [0.25, 0.3) is 0 Å². The molecule has 19 heavy (non-hydrogen) atoms. The summed E-state index contributed by atoms with van der Waals surface area (Å²) in [6, 6.07) is 5.83. The van der Waals surface area contributed by atoms with E-state index in [0.717, 1.165) is 24.0 Å². The molecule has 1 aliphatic heterocycles. The number of hydrogen-bond donors (Lipinski definition) is 1. The number of oxazole rings is 1. The van der Waals surface area contributed by atoms with Gasteiger partial charge in [-0.15, -0.1) is 0 Å². The van der Waals surface area contributed by atoms with Crippen LogP contribution in [0.1, 0.15) is 41.9 Å². The van der Waals surface area contributed by atoms with Crippen LogP contribution >= 0.6 is 0 Å². The van der Waals surface area contributed by atoms with Crippen molar-refractivity contribution in [2.75, 3.05) is 6.54 Å².